The molecule has 2 fully saturated rings. The molecule has 3 aromatic rings. The molecule has 0 N–H and O–H groups in total. The standard InChI is InChI=1S/C27H21FN4O3/c1-27-17-24(33)32(23-12-11-20(16-22(23)28)10-9-19-6-3-2-4-7-19)26(35)31(27)15-14-30(25(27)34)21-8-5-13-29-18-21/h2-8,11-13,16,18H,14-15,17H2,1H3. The molecule has 7 nitrogen and oxygen atoms in total. The van der Waals surface area contributed by atoms with Crippen LogP contribution in [0, 0.1) is 17.7 Å². The number of aromatic nitrogens is 1. The molecule has 5 rings (SSSR count). The summed E-state index contributed by atoms with van der Waals surface area (Å²) < 4.78 is 15.1. The minimum absolute atomic E-state index is 0.158. The fourth-order valence-electron chi connectivity index (χ4n) is 4.46. The van der Waals surface area contributed by atoms with Crippen LogP contribution in [0.3, 0.4) is 0 Å². The molecular formula is C27H21FN4O3. The fourth-order valence-corrected chi connectivity index (χ4v) is 4.46. The summed E-state index contributed by atoms with van der Waals surface area (Å²) in [5.41, 5.74) is 0.273. The second-order valence-corrected chi connectivity index (χ2v) is 8.56. The average Bonchev–Trinajstić information content (AvgIpc) is 2.86. The van der Waals surface area contributed by atoms with Crippen LogP contribution in [0.4, 0.5) is 20.6 Å². The summed E-state index contributed by atoms with van der Waals surface area (Å²) in [6.07, 6.45) is 2.90. The molecule has 1 unspecified atom stereocenters. The van der Waals surface area contributed by atoms with Crippen LogP contribution >= 0.6 is 0 Å². The number of carbonyl (C=O) groups is 3. The smallest absolute Gasteiger partial charge is 0.307 e. The molecule has 2 aliphatic rings. The average molecular weight is 468 g/mol. The lowest BCUT2D eigenvalue weighted by molar-refractivity contribution is -0.137. The van der Waals surface area contributed by atoms with E-state index in [1.165, 1.54) is 21.9 Å². The minimum atomic E-state index is -1.36. The van der Waals surface area contributed by atoms with Gasteiger partial charge in [-0.1, -0.05) is 30.0 Å². The van der Waals surface area contributed by atoms with Gasteiger partial charge in [-0.15, -0.1) is 0 Å². The first-order chi connectivity index (χ1) is 16.9. The van der Waals surface area contributed by atoms with E-state index in [1.807, 2.05) is 30.3 Å². The predicted molar refractivity (Wildman–Crippen MR) is 128 cm³/mol. The highest BCUT2D eigenvalue weighted by Gasteiger charge is 2.55. The first kappa shape index (κ1) is 22.3. The summed E-state index contributed by atoms with van der Waals surface area (Å²) in [7, 11) is 0. The van der Waals surface area contributed by atoms with Crippen molar-refractivity contribution >= 4 is 29.2 Å². The normalized spacial score (nSPS) is 19.8. The van der Waals surface area contributed by atoms with Crippen molar-refractivity contribution in [3.8, 4) is 11.8 Å². The summed E-state index contributed by atoms with van der Waals surface area (Å²) >= 11 is 0. The number of fused-ring (bicyclic) bond motifs is 1. The van der Waals surface area contributed by atoms with E-state index in [-0.39, 0.29) is 31.1 Å². The molecule has 2 aromatic carbocycles. The van der Waals surface area contributed by atoms with Crippen molar-refractivity contribution in [1.82, 2.24) is 9.88 Å². The fraction of sp³-hybridized carbons (Fsp3) is 0.185. The maximum Gasteiger partial charge on any atom is 0.332 e. The molecule has 1 aromatic heterocycles. The van der Waals surface area contributed by atoms with Gasteiger partial charge in [-0.25, -0.2) is 14.1 Å². The van der Waals surface area contributed by atoms with E-state index in [2.05, 4.69) is 16.8 Å². The van der Waals surface area contributed by atoms with Crippen LogP contribution in [0.5, 0.6) is 0 Å². The number of benzene rings is 2. The number of hydrogen-bond donors (Lipinski definition) is 0. The number of hydrogen-bond acceptors (Lipinski definition) is 4. The number of piperazine rings is 1. The molecule has 174 valence electrons. The van der Waals surface area contributed by atoms with Crippen molar-refractivity contribution in [3.05, 3.63) is 90.0 Å². The zero-order valence-electron chi connectivity index (χ0n) is 18.9. The second-order valence-electron chi connectivity index (χ2n) is 8.56. The summed E-state index contributed by atoms with van der Waals surface area (Å²) in [5.74, 6) is 4.09. The molecule has 35 heavy (non-hydrogen) atoms. The third-order valence-electron chi connectivity index (χ3n) is 6.29. The van der Waals surface area contributed by atoms with Crippen LogP contribution < -0.4 is 9.80 Å². The summed E-state index contributed by atoms with van der Waals surface area (Å²) in [6.45, 7) is 2.01. The van der Waals surface area contributed by atoms with Gasteiger partial charge in [-0.3, -0.25) is 14.6 Å². The molecule has 0 bridgehead atoms. The lowest BCUT2D eigenvalue weighted by Crippen LogP contribution is -2.72. The Labute approximate surface area is 201 Å². The third kappa shape index (κ3) is 3.91. The number of rotatable bonds is 2. The van der Waals surface area contributed by atoms with Crippen molar-refractivity contribution in [2.24, 2.45) is 0 Å². The summed E-state index contributed by atoms with van der Waals surface area (Å²) in [6, 6.07) is 16.2. The third-order valence-corrected chi connectivity index (χ3v) is 6.29. The van der Waals surface area contributed by atoms with Crippen LogP contribution in [0.1, 0.15) is 24.5 Å². The van der Waals surface area contributed by atoms with Gasteiger partial charge in [-0.05, 0) is 49.4 Å². The Balaban J connectivity index is 1.41. The molecule has 0 radical (unpaired) electrons. The summed E-state index contributed by atoms with van der Waals surface area (Å²) in [4.78, 5) is 47.6. The van der Waals surface area contributed by atoms with Crippen LogP contribution in [-0.4, -0.2) is 46.4 Å². The number of halogens is 1. The lowest BCUT2D eigenvalue weighted by atomic mass is 9.88. The highest BCUT2D eigenvalue weighted by molar-refractivity contribution is 6.20. The van der Waals surface area contributed by atoms with Crippen LogP contribution in [0.25, 0.3) is 0 Å². The van der Waals surface area contributed by atoms with E-state index < -0.39 is 23.3 Å². The van der Waals surface area contributed by atoms with E-state index in [9.17, 15) is 14.4 Å². The zero-order valence-corrected chi connectivity index (χ0v) is 18.9. The number of carbonyl (C=O) groups excluding carboxylic acids is 3. The van der Waals surface area contributed by atoms with Crippen LogP contribution in [0.2, 0.25) is 0 Å². The van der Waals surface area contributed by atoms with Gasteiger partial charge in [0.05, 0.1) is 24.0 Å². The SMILES string of the molecule is CC12CC(=O)N(c3ccc(C#Cc4ccccc4)cc3F)C(=O)N1CCN(c1cccnc1)C2=O. The Hall–Kier alpha value is -4.51. The molecule has 0 aliphatic carbocycles. The Morgan fingerprint density at radius 2 is 1.71 bits per heavy atom. The Morgan fingerprint density at radius 3 is 2.43 bits per heavy atom. The zero-order chi connectivity index (χ0) is 24.6. The van der Waals surface area contributed by atoms with Gasteiger partial charge < -0.3 is 9.80 Å². The molecule has 4 amide bonds. The highest BCUT2D eigenvalue weighted by atomic mass is 19.1. The quantitative estimate of drug-likeness (QED) is 0.539. The van der Waals surface area contributed by atoms with Crippen molar-refractivity contribution < 1.29 is 18.8 Å². The molecule has 0 saturated carbocycles. The van der Waals surface area contributed by atoms with Gasteiger partial charge in [0.1, 0.15) is 11.4 Å². The van der Waals surface area contributed by atoms with Crippen molar-refractivity contribution in [2.45, 2.75) is 18.9 Å². The maximum absolute atomic E-state index is 15.1. The second kappa shape index (κ2) is 8.69. The molecule has 2 saturated heterocycles. The van der Waals surface area contributed by atoms with Gasteiger partial charge in [0, 0.05) is 30.4 Å². The topological polar surface area (TPSA) is 73.8 Å². The van der Waals surface area contributed by atoms with Gasteiger partial charge in [0.25, 0.3) is 5.91 Å². The van der Waals surface area contributed by atoms with E-state index >= 15 is 4.39 Å². The number of urea groups is 1. The van der Waals surface area contributed by atoms with E-state index in [0.717, 1.165) is 10.5 Å². The number of pyridine rings is 1. The number of nitrogens with zero attached hydrogens (tertiary/aromatic N) is 4. The van der Waals surface area contributed by atoms with Crippen LogP contribution in [-0.2, 0) is 9.59 Å². The number of anilines is 2. The largest absolute Gasteiger partial charge is 0.332 e. The molecule has 0 spiro atoms. The van der Waals surface area contributed by atoms with Crippen molar-refractivity contribution in [2.75, 3.05) is 22.9 Å². The van der Waals surface area contributed by atoms with Crippen molar-refractivity contribution in [3.63, 3.8) is 0 Å². The minimum Gasteiger partial charge on any atom is -0.307 e. The maximum atomic E-state index is 15.1. The number of amides is 4. The Bertz CT molecular complexity index is 1380. The molecule has 3 heterocycles. The molecular weight excluding hydrogens is 447 g/mol. The number of imide groups is 1. The van der Waals surface area contributed by atoms with E-state index in [4.69, 9.17) is 0 Å². The van der Waals surface area contributed by atoms with E-state index in [0.29, 0.717) is 11.3 Å². The summed E-state index contributed by atoms with van der Waals surface area (Å²) in [5, 5.41) is 0. The molecule has 2 aliphatic heterocycles. The Morgan fingerprint density at radius 1 is 0.943 bits per heavy atom. The highest BCUT2D eigenvalue weighted by Crippen LogP contribution is 2.37. The van der Waals surface area contributed by atoms with Gasteiger partial charge in [-0.2, -0.15) is 0 Å². The monoisotopic (exact) mass is 468 g/mol. The predicted octanol–water partition coefficient (Wildman–Crippen LogP) is 3.58. The van der Waals surface area contributed by atoms with Gasteiger partial charge in [0.15, 0.2) is 0 Å². The van der Waals surface area contributed by atoms with Gasteiger partial charge >= 0.3 is 6.03 Å². The molecule has 8 heteroatoms. The molecule has 1 atom stereocenters. The Kier molecular flexibility index (Phi) is 5.53. The van der Waals surface area contributed by atoms with Crippen molar-refractivity contribution in [1.29, 1.82) is 0 Å². The first-order valence-corrected chi connectivity index (χ1v) is 11.1. The van der Waals surface area contributed by atoms with Crippen LogP contribution in [0.15, 0.2) is 73.1 Å². The first-order valence-electron chi connectivity index (χ1n) is 11.1. The van der Waals surface area contributed by atoms with E-state index in [1.54, 1.807) is 37.5 Å². The van der Waals surface area contributed by atoms with Gasteiger partial charge in [0.2, 0.25) is 5.91 Å². The lowest BCUT2D eigenvalue weighted by Gasteiger charge is -2.51.